The first-order valence-corrected chi connectivity index (χ1v) is 15.5. The first-order valence-electron chi connectivity index (χ1n) is 14.0. The molecule has 0 saturated heterocycles. The third kappa shape index (κ3) is 9.36. The molecule has 2 amide bonds. The van der Waals surface area contributed by atoms with Crippen LogP contribution >= 0.6 is 11.6 Å². The Morgan fingerprint density at radius 2 is 1.57 bits per heavy atom. The predicted molar refractivity (Wildman–Crippen MR) is 176 cm³/mol. The van der Waals surface area contributed by atoms with Gasteiger partial charge in [0.2, 0.25) is 0 Å². The number of benzene rings is 4. The molecule has 2 atom stereocenters. The van der Waals surface area contributed by atoms with Gasteiger partial charge in [-0.2, -0.15) is 0 Å². The molecule has 4 rings (SSSR count). The summed E-state index contributed by atoms with van der Waals surface area (Å²) in [7, 11) is 0. The minimum Gasteiger partial charge on any atom is -0.489 e. The van der Waals surface area contributed by atoms with Crippen LogP contribution in [0.4, 0.5) is 16.2 Å². The molecule has 2 N–H and O–H groups in total. The first-order chi connectivity index (χ1) is 21.8. The number of hydrogen-bond acceptors (Lipinski definition) is 7. The lowest BCUT2D eigenvalue weighted by atomic mass is 10.0. The fourth-order valence-corrected chi connectivity index (χ4v) is 5.12. The third-order valence-electron chi connectivity index (χ3n) is 6.53. The third-order valence-corrected chi connectivity index (χ3v) is 7.55. The zero-order chi connectivity index (χ0) is 33.4. The lowest BCUT2D eigenvalue weighted by molar-refractivity contribution is -0.384. The first kappa shape index (κ1) is 34.1. The number of nitrogens with one attached hydrogen (secondary N) is 1. The van der Waals surface area contributed by atoms with E-state index < -0.39 is 45.5 Å². The summed E-state index contributed by atoms with van der Waals surface area (Å²) in [6.07, 6.45) is -2.70. The van der Waals surface area contributed by atoms with Gasteiger partial charge in [0.05, 0.1) is 10.6 Å². The van der Waals surface area contributed by atoms with E-state index in [1.54, 1.807) is 45.0 Å². The van der Waals surface area contributed by atoms with Gasteiger partial charge in [-0.05, 0) is 67.3 Å². The van der Waals surface area contributed by atoms with E-state index in [-0.39, 0.29) is 17.1 Å². The molecule has 0 heterocycles. The Bertz CT molecular complexity index is 1710. The molecule has 13 heteroatoms. The second kappa shape index (κ2) is 15.0. The van der Waals surface area contributed by atoms with Gasteiger partial charge in [0.1, 0.15) is 17.4 Å². The summed E-state index contributed by atoms with van der Waals surface area (Å²) in [5, 5.41) is 13.8. The van der Waals surface area contributed by atoms with Gasteiger partial charge in [-0.25, -0.2) is 13.3 Å². The summed E-state index contributed by atoms with van der Waals surface area (Å²) in [4.78, 5) is 36.9. The fraction of sp³-hybridized carbons (Fsp3) is 0.212. The highest BCUT2D eigenvalue weighted by Gasteiger charge is 2.34. The molecule has 0 bridgehead atoms. The van der Waals surface area contributed by atoms with Crippen molar-refractivity contribution in [3.05, 3.63) is 123 Å². The van der Waals surface area contributed by atoms with Crippen LogP contribution in [0.1, 0.15) is 31.9 Å². The van der Waals surface area contributed by atoms with E-state index in [2.05, 4.69) is 5.32 Å². The van der Waals surface area contributed by atoms with Crippen LogP contribution in [0.5, 0.6) is 5.75 Å². The molecule has 0 saturated carbocycles. The monoisotopic (exact) mass is 665 g/mol. The lowest BCUT2D eigenvalue weighted by Crippen LogP contribution is -2.47. The summed E-state index contributed by atoms with van der Waals surface area (Å²) >= 11 is 2.91. The molecule has 0 radical (unpaired) electrons. The zero-order valence-electron chi connectivity index (χ0n) is 25.2. The second-order valence-electron chi connectivity index (χ2n) is 11.2. The summed E-state index contributed by atoms with van der Waals surface area (Å²) in [6, 6.07) is 27.9. The molecule has 11 nitrogen and oxygen atoms in total. The summed E-state index contributed by atoms with van der Waals surface area (Å²) < 4.78 is 34.1. The number of rotatable bonds is 11. The van der Waals surface area contributed by atoms with Gasteiger partial charge in [0, 0.05) is 18.0 Å². The standard InChI is InChI=1S/C33H32ClN3O8S/c1-33(2,3)35-32(39)45-30(31(38)36(46(42)43)26-15-18-28(34)29(20-26)37(40)41)19-22-11-16-27(17-12-22)44-21-23-9-13-25(14-10-23)24-7-5-4-6-8-24/h4-18,20,30H,19,21H2,1-3H3,(H,35,39)(H,42,43)/t30-/m0/s1. The number of anilines is 1. The molecule has 4 aromatic carbocycles. The van der Waals surface area contributed by atoms with Crippen LogP contribution in [0, 0.1) is 10.1 Å². The van der Waals surface area contributed by atoms with Crippen LogP contribution in [0.3, 0.4) is 0 Å². The maximum absolute atomic E-state index is 13.6. The smallest absolute Gasteiger partial charge is 0.408 e. The molecule has 0 aliphatic heterocycles. The van der Waals surface area contributed by atoms with Crippen molar-refractivity contribution in [1.29, 1.82) is 0 Å². The SMILES string of the molecule is CC(C)(C)NC(=O)O[C@@H](Cc1ccc(OCc2ccc(-c3ccccc3)cc2)cc1)C(=O)N(c1ccc(Cl)c([N+](=O)[O-])c1)S(=O)O. The molecule has 4 aromatic rings. The van der Waals surface area contributed by atoms with Gasteiger partial charge < -0.3 is 14.8 Å². The van der Waals surface area contributed by atoms with E-state index in [4.69, 9.17) is 21.1 Å². The highest BCUT2D eigenvalue weighted by atomic mass is 35.5. The Labute approximate surface area is 273 Å². The van der Waals surface area contributed by atoms with Gasteiger partial charge in [0.25, 0.3) is 22.9 Å². The molecular weight excluding hydrogens is 634 g/mol. The largest absolute Gasteiger partial charge is 0.489 e. The van der Waals surface area contributed by atoms with E-state index in [9.17, 15) is 28.5 Å². The number of ether oxygens (including phenoxy) is 2. The van der Waals surface area contributed by atoms with Gasteiger partial charge >= 0.3 is 6.09 Å². The maximum Gasteiger partial charge on any atom is 0.408 e. The quantitative estimate of drug-likeness (QED) is 0.0979. The van der Waals surface area contributed by atoms with E-state index in [1.807, 2.05) is 54.6 Å². The average molecular weight is 666 g/mol. The van der Waals surface area contributed by atoms with Crippen LogP contribution in [-0.4, -0.2) is 37.3 Å². The van der Waals surface area contributed by atoms with E-state index in [1.165, 1.54) is 6.07 Å². The summed E-state index contributed by atoms with van der Waals surface area (Å²) in [5.74, 6) is -0.530. The molecule has 0 aliphatic carbocycles. The number of nitrogens with zero attached hydrogens (tertiary/aromatic N) is 2. The van der Waals surface area contributed by atoms with Crippen molar-refractivity contribution in [1.82, 2.24) is 5.32 Å². The molecule has 0 aromatic heterocycles. The second-order valence-corrected chi connectivity index (χ2v) is 12.5. The Balaban J connectivity index is 1.50. The number of hydrogen-bond donors (Lipinski definition) is 2. The predicted octanol–water partition coefficient (Wildman–Crippen LogP) is 7.10. The molecule has 46 heavy (non-hydrogen) atoms. The highest BCUT2D eigenvalue weighted by molar-refractivity contribution is 7.81. The Kier molecular flexibility index (Phi) is 11.1. The van der Waals surface area contributed by atoms with Crippen molar-refractivity contribution in [3.8, 4) is 16.9 Å². The van der Waals surface area contributed by atoms with Gasteiger partial charge in [-0.15, -0.1) is 0 Å². The number of carbonyl (C=O) groups is 2. The highest BCUT2D eigenvalue weighted by Crippen LogP contribution is 2.31. The van der Waals surface area contributed by atoms with Gasteiger partial charge in [-0.1, -0.05) is 78.3 Å². The molecule has 240 valence electrons. The van der Waals surface area contributed by atoms with Crippen LogP contribution in [-0.2, 0) is 33.8 Å². The molecular formula is C33H32ClN3O8S. The van der Waals surface area contributed by atoms with Gasteiger partial charge in [-0.3, -0.25) is 19.5 Å². The van der Waals surface area contributed by atoms with E-state index in [0.29, 0.717) is 22.2 Å². The Morgan fingerprint density at radius 1 is 0.957 bits per heavy atom. The van der Waals surface area contributed by atoms with Crippen molar-refractivity contribution in [2.75, 3.05) is 4.31 Å². The molecule has 0 spiro atoms. The van der Waals surface area contributed by atoms with Crippen molar-refractivity contribution in [3.63, 3.8) is 0 Å². The van der Waals surface area contributed by atoms with Crippen LogP contribution < -0.4 is 14.4 Å². The molecule has 1 unspecified atom stereocenters. The number of carbonyl (C=O) groups excluding carboxylic acids is 2. The zero-order valence-corrected chi connectivity index (χ0v) is 26.8. The van der Waals surface area contributed by atoms with Crippen molar-refractivity contribution >= 4 is 46.2 Å². The summed E-state index contributed by atoms with van der Waals surface area (Å²) in [5.41, 5.74) is 2.15. The van der Waals surface area contributed by atoms with Crippen LogP contribution in [0.2, 0.25) is 5.02 Å². The lowest BCUT2D eigenvalue weighted by Gasteiger charge is -2.26. The molecule has 0 aliphatic rings. The van der Waals surface area contributed by atoms with Gasteiger partial charge in [0.15, 0.2) is 6.10 Å². The minimum absolute atomic E-state index is 0.180. The van der Waals surface area contributed by atoms with E-state index in [0.717, 1.165) is 28.8 Å². The molecule has 0 fully saturated rings. The average Bonchev–Trinajstić information content (AvgIpc) is 3.00. The Morgan fingerprint density at radius 3 is 2.15 bits per heavy atom. The topological polar surface area (TPSA) is 148 Å². The maximum atomic E-state index is 13.6. The van der Waals surface area contributed by atoms with Crippen LogP contribution in [0.25, 0.3) is 11.1 Å². The van der Waals surface area contributed by atoms with E-state index >= 15 is 0 Å². The van der Waals surface area contributed by atoms with Crippen LogP contribution in [0.15, 0.2) is 97.1 Å². The number of alkyl carbamates (subject to hydrolysis) is 1. The minimum atomic E-state index is -2.98. The van der Waals surface area contributed by atoms with Crippen molar-refractivity contribution in [2.45, 2.75) is 45.4 Å². The Hall–Kier alpha value is -4.78. The summed E-state index contributed by atoms with van der Waals surface area (Å²) in [6.45, 7) is 5.45. The number of halogens is 1. The normalized spacial score (nSPS) is 12.5. The number of nitro benzene ring substituents is 1. The number of nitro groups is 1. The fourth-order valence-electron chi connectivity index (χ4n) is 4.36. The number of amides is 2. The van der Waals surface area contributed by atoms with Crippen molar-refractivity contribution in [2.24, 2.45) is 0 Å². The van der Waals surface area contributed by atoms with Crippen molar-refractivity contribution < 1.29 is 32.7 Å².